The van der Waals surface area contributed by atoms with Crippen LogP contribution >= 0.6 is 0 Å². The summed E-state index contributed by atoms with van der Waals surface area (Å²) in [6, 6.07) is 22.9. The van der Waals surface area contributed by atoms with Gasteiger partial charge in [-0.1, -0.05) is 42.5 Å². The molecule has 39 heavy (non-hydrogen) atoms. The van der Waals surface area contributed by atoms with E-state index >= 15 is 0 Å². The lowest BCUT2D eigenvalue weighted by molar-refractivity contribution is -0.137. The maximum absolute atomic E-state index is 13.2. The Morgan fingerprint density at radius 3 is 2.31 bits per heavy atom. The summed E-state index contributed by atoms with van der Waals surface area (Å²) in [6.45, 7) is 1.80. The molecular weight excluding hydrogens is 509 g/mol. The molecule has 0 unspecified atom stereocenters. The number of alkyl halides is 3. The van der Waals surface area contributed by atoms with Crippen molar-refractivity contribution >= 4 is 17.9 Å². The SMILES string of the molecule is COc1ccc(C(=O)N/C(=C\c2ccc(-c3cccc(C(F)(F)F)c3)o2)C(=O)N[C@H](C)c2ccccc2)cc1. The Hall–Kier alpha value is -4.79. The number of nitrogens with one attached hydrogen (secondary N) is 2. The van der Waals surface area contributed by atoms with Gasteiger partial charge in [-0.25, -0.2) is 0 Å². The molecule has 1 heterocycles. The summed E-state index contributed by atoms with van der Waals surface area (Å²) in [5.41, 5.74) is 0.445. The van der Waals surface area contributed by atoms with E-state index in [2.05, 4.69) is 10.6 Å². The molecule has 0 radical (unpaired) electrons. The minimum Gasteiger partial charge on any atom is -0.497 e. The number of benzene rings is 3. The summed E-state index contributed by atoms with van der Waals surface area (Å²) >= 11 is 0. The van der Waals surface area contributed by atoms with Crippen molar-refractivity contribution in [3.63, 3.8) is 0 Å². The van der Waals surface area contributed by atoms with Crippen LogP contribution in [0.3, 0.4) is 0 Å². The van der Waals surface area contributed by atoms with Crippen LogP contribution in [0.2, 0.25) is 0 Å². The van der Waals surface area contributed by atoms with Crippen molar-refractivity contribution in [3.05, 3.63) is 119 Å². The van der Waals surface area contributed by atoms with Crippen molar-refractivity contribution in [3.8, 4) is 17.1 Å². The highest BCUT2D eigenvalue weighted by Crippen LogP contribution is 2.33. The zero-order valence-electron chi connectivity index (χ0n) is 21.1. The Bertz CT molecular complexity index is 1480. The number of methoxy groups -OCH3 is 1. The van der Waals surface area contributed by atoms with E-state index in [1.165, 1.54) is 37.5 Å². The molecule has 9 heteroatoms. The molecule has 4 rings (SSSR count). The summed E-state index contributed by atoms with van der Waals surface area (Å²) in [4.78, 5) is 26.2. The van der Waals surface area contributed by atoms with E-state index < -0.39 is 23.6 Å². The monoisotopic (exact) mass is 534 g/mol. The van der Waals surface area contributed by atoms with Crippen LogP contribution in [0.25, 0.3) is 17.4 Å². The molecule has 0 aliphatic carbocycles. The molecule has 200 valence electrons. The largest absolute Gasteiger partial charge is 0.497 e. The number of furan rings is 1. The second-order valence-electron chi connectivity index (χ2n) is 8.63. The average molecular weight is 535 g/mol. The van der Waals surface area contributed by atoms with Crippen molar-refractivity contribution in [2.45, 2.75) is 19.1 Å². The summed E-state index contributed by atoms with van der Waals surface area (Å²) in [5, 5.41) is 5.46. The van der Waals surface area contributed by atoms with Crippen LogP contribution in [0.4, 0.5) is 13.2 Å². The van der Waals surface area contributed by atoms with Gasteiger partial charge in [0.1, 0.15) is 23.0 Å². The van der Waals surface area contributed by atoms with E-state index in [0.29, 0.717) is 5.75 Å². The first-order chi connectivity index (χ1) is 18.6. The molecule has 0 saturated heterocycles. The van der Waals surface area contributed by atoms with E-state index in [-0.39, 0.29) is 34.4 Å². The molecule has 0 aliphatic rings. The van der Waals surface area contributed by atoms with Gasteiger partial charge in [-0.05, 0) is 61.0 Å². The van der Waals surface area contributed by atoms with E-state index in [1.807, 2.05) is 30.3 Å². The number of halogens is 3. The van der Waals surface area contributed by atoms with E-state index in [0.717, 1.165) is 17.7 Å². The van der Waals surface area contributed by atoms with Gasteiger partial charge in [0.15, 0.2) is 0 Å². The topological polar surface area (TPSA) is 80.6 Å². The lowest BCUT2D eigenvalue weighted by atomic mass is 10.1. The molecule has 0 bridgehead atoms. The third kappa shape index (κ3) is 6.95. The first-order valence-corrected chi connectivity index (χ1v) is 11.9. The van der Waals surface area contributed by atoms with Crippen LogP contribution < -0.4 is 15.4 Å². The second-order valence-corrected chi connectivity index (χ2v) is 8.63. The number of amides is 2. The maximum Gasteiger partial charge on any atom is 0.416 e. The van der Waals surface area contributed by atoms with Gasteiger partial charge in [-0.3, -0.25) is 9.59 Å². The van der Waals surface area contributed by atoms with Gasteiger partial charge in [-0.2, -0.15) is 13.2 Å². The molecule has 0 saturated carbocycles. The predicted octanol–water partition coefficient (Wildman–Crippen LogP) is 6.62. The van der Waals surface area contributed by atoms with Crippen LogP contribution in [0, 0.1) is 0 Å². The van der Waals surface area contributed by atoms with Gasteiger partial charge in [0.25, 0.3) is 11.8 Å². The smallest absolute Gasteiger partial charge is 0.416 e. The summed E-state index contributed by atoms with van der Waals surface area (Å²) < 4.78 is 50.3. The van der Waals surface area contributed by atoms with Crippen LogP contribution in [0.5, 0.6) is 5.75 Å². The molecule has 2 N–H and O–H groups in total. The maximum atomic E-state index is 13.2. The zero-order valence-corrected chi connectivity index (χ0v) is 21.1. The standard InChI is InChI=1S/C30H25F3N2O4/c1-19(20-7-4-3-5-8-20)34-29(37)26(35-28(36)21-11-13-24(38-2)14-12-21)18-25-15-16-27(39-25)22-9-6-10-23(17-22)30(31,32)33/h3-19H,1-2H3,(H,34,37)(H,35,36)/b26-18-/t19-/m1/s1. The lowest BCUT2D eigenvalue weighted by Gasteiger charge is -2.16. The van der Waals surface area contributed by atoms with Gasteiger partial charge in [0.2, 0.25) is 0 Å². The van der Waals surface area contributed by atoms with Gasteiger partial charge >= 0.3 is 6.18 Å². The Morgan fingerprint density at radius 1 is 0.923 bits per heavy atom. The Labute approximate surface area is 223 Å². The predicted molar refractivity (Wildman–Crippen MR) is 141 cm³/mol. The van der Waals surface area contributed by atoms with Gasteiger partial charge in [0, 0.05) is 17.2 Å². The summed E-state index contributed by atoms with van der Waals surface area (Å²) in [7, 11) is 1.51. The minimum absolute atomic E-state index is 0.108. The molecule has 1 aromatic heterocycles. The van der Waals surface area contributed by atoms with Crippen molar-refractivity contribution in [1.29, 1.82) is 0 Å². The van der Waals surface area contributed by atoms with E-state index in [1.54, 1.807) is 31.2 Å². The summed E-state index contributed by atoms with van der Waals surface area (Å²) in [5.74, 6) is -0.225. The number of carbonyl (C=O) groups excluding carboxylic acids is 2. The molecule has 1 atom stereocenters. The number of ether oxygens (including phenoxy) is 1. The first-order valence-electron chi connectivity index (χ1n) is 11.9. The molecule has 4 aromatic rings. The number of hydrogen-bond acceptors (Lipinski definition) is 4. The zero-order chi connectivity index (χ0) is 28.0. The fourth-order valence-electron chi connectivity index (χ4n) is 3.77. The van der Waals surface area contributed by atoms with Crippen molar-refractivity contribution in [2.24, 2.45) is 0 Å². The third-order valence-electron chi connectivity index (χ3n) is 5.88. The molecule has 3 aromatic carbocycles. The highest BCUT2D eigenvalue weighted by molar-refractivity contribution is 6.05. The fraction of sp³-hybridized carbons (Fsp3) is 0.133. The molecule has 6 nitrogen and oxygen atoms in total. The molecule has 0 spiro atoms. The quantitative estimate of drug-likeness (QED) is 0.249. The highest BCUT2D eigenvalue weighted by Gasteiger charge is 2.30. The number of carbonyl (C=O) groups is 2. The molecule has 2 amide bonds. The van der Waals surface area contributed by atoms with E-state index in [9.17, 15) is 22.8 Å². The van der Waals surface area contributed by atoms with Gasteiger partial charge in [0.05, 0.1) is 18.7 Å². The molecule has 0 aliphatic heterocycles. The summed E-state index contributed by atoms with van der Waals surface area (Å²) in [6.07, 6.45) is -3.18. The van der Waals surface area contributed by atoms with Crippen LogP contribution in [-0.2, 0) is 11.0 Å². The van der Waals surface area contributed by atoms with Crippen molar-refractivity contribution in [2.75, 3.05) is 7.11 Å². The van der Waals surface area contributed by atoms with Crippen LogP contribution in [0.15, 0.2) is 101 Å². The minimum atomic E-state index is -4.50. The Kier molecular flexibility index (Phi) is 8.19. The first kappa shape index (κ1) is 27.3. The second kappa shape index (κ2) is 11.7. The van der Waals surface area contributed by atoms with Gasteiger partial charge < -0.3 is 19.8 Å². The van der Waals surface area contributed by atoms with Crippen LogP contribution in [-0.4, -0.2) is 18.9 Å². The number of hydrogen-bond donors (Lipinski definition) is 2. The van der Waals surface area contributed by atoms with Crippen molar-refractivity contribution < 1.29 is 31.9 Å². The molecular formula is C30H25F3N2O4. The van der Waals surface area contributed by atoms with Crippen molar-refractivity contribution in [1.82, 2.24) is 10.6 Å². The fourth-order valence-corrected chi connectivity index (χ4v) is 3.77. The Balaban J connectivity index is 1.62. The third-order valence-corrected chi connectivity index (χ3v) is 5.88. The van der Waals surface area contributed by atoms with Gasteiger partial charge in [-0.15, -0.1) is 0 Å². The average Bonchev–Trinajstić information content (AvgIpc) is 3.41. The van der Waals surface area contributed by atoms with E-state index in [4.69, 9.17) is 9.15 Å². The van der Waals surface area contributed by atoms with Crippen LogP contribution in [0.1, 0.15) is 40.2 Å². The Morgan fingerprint density at radius 2 is 1.64 bits per heavy atom. The molecule has 0 fully saturated rings. The normalized spacial score (nSPS) is 12.5. The highest BCUT2D eigenvalue weighted by atomic mass is 19.4. The number of rotatable bonds is 8. The lowest BCUT2D eigenvalue weighted by Crippen LogP contribution is -2.36.